The number of anilines is 1. The highest BCUT2D eigenvalue weighted by Gasteiger charge is 2.40. The second kappa shape index (κ2) is 10.6. The van der Waals surface area contributed by atoms with Gasteiger partial charge in [-0.15, -0.1) is 0 Å². The molecule has 5 rings (SSSR count). The van der Waals surface area contributed by atoms with Crippen LogP contribution in [0.25, 0.3) is 0 Å². The number of furan rings is 1. The molecule has 2 fully saturated rings. The van der Waals surface area contributed by atoms with Crippen LogP contribution in [0.3, 0.4) is 0 Å². The van der Waals surface area contributed by atoms with E-state index in [0.717, 1.165) is 36.8 Å². The fraction of sp³-hybridized carbons (Fsp3) is 0.379. The third kappa shape index (κ3) is 6.03. The van der Waals surface area contributed by atoms with Crippen molar-refractivity contribution in [2.24, 2.45) is 5.92 Å². The number of halogens is 3. The number of amides is 2. The molecule has 0 bridgehead atoms. The minimum atomic E-state index is -4.76. The van der Waals surface area contributed by atoms with Crippen molar-refractivity contribution in [1.82, 2.24) is 4.90 Å². The number of hydrogen-bond donors (Lipinski definition) is 1. The maximum atomic E-state index is 13.2. The van der Waals surface area contributed by atoms with E-state index in [1.807, 2.05) is 41.3 Å². The van der Waals surface area contributed by atoms with E-state index in [4.69, 9.17) is 9.15 Å². The third-order valence-corrected chi connectivity index (χ3v) is 7.06. The number of alkyl halides is 3. The number of carbonyl (C=O) groups excluding carboxylic acids is 2. The molecule has 2 amide bonds. The number of carbonyl (C=O) groups is 2. The predicted octanol–water partition coefficient (Wildman–Crippen LogP) is 6.67. The number of likely N-dealkylation sites (tertiary alicyclic amines) is 1. The molecule has 0 radical (unpaired) electrons. The molecule has 1 aliphatic carbocycles. The molecule has 38 heavy (non-hydrogen) atoms. The van der Waals surface area contributed by atoms with Gasteiger partial charge in [-0.3, -0.25) is 9.59 Å². The van der Waals surface area contributed by atoms with E-state index in [0.29, 0.717) is 30.3 Å². The van der Waals surface area contributed by atoms with E-state index in [1.165, 1.54) is 19.8 Å². The number of rotatable bonds is 7. The molecule has 200 valence electrons. The van der Waals surface area contributed by atoms with Crippen molar-refractivity contribution in [3.8, 4) is 5.75 Å². The Kier molecular flexibility index (Phi) is 7.19. The van der Waals surface area contributed by atoms with Crippen molar-refractivity contribution in [2.45, 2.75) is 44.7 Å². The van der Waals surface area contributed by atoms with Crippen LogP contribution in [0.15, 0.2) is 59.0 Å². The van der Waals surface area contributed by atoms with Crippen molar-refractivity contribution in [1.29, 1.82) is 0 Å². The molecule has 6 nitrogen and oxygen atoms in total. The summed E-state index contributed by atoms with van der Waals surface area (Å²) in [6, 6.07) is 15.5. The quantitative estimate of drug-likeness (QED) is 0.373. The molecule has 1 aromatic heterocycles. The Bertz CT molecular complexity index is 1290. The first-order chi connectivity index (χ1) is 18.2. The van der Waals surface area contributed by atoms with Gasteiger partial charge in [0.25, 0.3) is 11.8 Å². The van der Waals surface area contributed by atoms with Crippen LogP contribution < -0.4 is 10.1 Å². The average molecular weight is 527 g/mol. The van der Waals surface area contributed by atoms with Gasteiger partial charge in [0, 0.05) is 24.3 Å². The summed E-state index contributed by atoms with van der Waals surface area (Å²) in [4.78, 5) is 27.3. The number of ether oxygens (including phenoxy) is 1. The van der Waals surface area contributed by atoms with Crippen molar-refractivity contribution in [2.75, 3.05) is 25.0 Å². The van der Waals surface area contributed by atoms with Gasteiger partial charge in [-0.25, -0.2) is 0 Å². The van der Waals surface area contributed by atoms with Gasteiger partial charge in [-0.2, -0.15) is 13.2 Å². The standard InChI is InChI=1S/C29H29F3N2O4/c1-18-16-25(26(38-18)29(30,31)32)27(35)33-23-8-4-20(5-9-23)21-12-14-34(15-13-21)28(36)22-6-10-24(11-7-22)37-17-19-2-3-19/h4-11,16,19,21H,2-3,12-15,17H2,1H3,(H,33,35). The lowest BCUT2D eigenvalue weighted by molar-refractivity contribution is -0.153. The number of nitrogens with zero attached hydrogens (tertiary/aromatic N) is 1. The summed E-state index contributed by atoms with van der Waals surface area (Å²) in [7, 11) is 0. The Morgan fingerprint density at radius 1 is 1.00 bits per heavy atom. The van der Waals surface area contributed by atoms with Gasteiger partial charge in [-0.05, 0) is 92.5 Å². The first kappa shape index (κ1) is 25.9. The smallest absolute Gasteiger partial charge is 0.450 e. The molecule has 2 heterocycles. The van der Waals surface area contributed by atoms with E-state index >= 15 is 0 Å². The molecule has 1 aliphatic heterocycles. The number of hydrogen-bond acceptors (Lipinski definition) is 4. The van der Waals surface area contributed by atoms with E-state index in [-0.39, 0.29) is 17.6 Å². The van der Waals surface area contributed by atoms with Gasteiger partial charge in [0.1, 0.15) is 11.5 Å². The molecule has 9 heteroatoms. The molecule has 1 saturated heterocycles. The Labute approximate surface area is 218 Å². The first-order valence-electron chi connectivity index (χ1n) is 12.8. The van der Waals surface area contributed by atoms with Gasteiger partial charge >= 0.3 is 6.18 Å². The van der Waals surface area contributed by atoms with Crippen LogP contribution in [0.4, 0.5) is 18.9 Å². The zero-order valence-corrected chi connectivity index (χ0v) is 21.0. The van der Waals surface area contributed by atoms with Crippen LogP contribution in [-0.2, 0) is 6.18 Å². The highest BCUT2D eigenvalue weighted by molar-refractivity contribution is 6.05. The first-order valence-corrected chi connectivity index (χ1v) is 12.8. The zero-order valence-electron chi connectivity index (χ0n) is 21.0. The maximum absolute atomic E-state index is 13.2. The van der Waals surface area contributed by atoms with Crippen LogP contribution in [0.5, 0.6) is 5.75 Å². The summed E-state index contributed by atoms with van der Waals surface area (Å²) in [5.41, 5.74) is 1.55. The minimum Gasteiger partial charge on any atom is -0.493 e. The second-order valence-corrected chi connectivity index (χ2v) is 10.0. The molecule has 1 N–H and O–H groups in total. The minimum absolute atomic E-state index is 0.00274. The highest BCUT2D eigenvalue weighted by atomic mass is 19.4. The Morgan fingerprint density at radius 3 is 2.26 bits per heavy atom. The lowest BCUT2D eigenvalue weighted by Gasteiger charge is -2.32. The summed E-state index contributed by atoms with van der Waals surface area (Å²) < 4.78 is 49.9. The Balaban J connectivity index is 1.14. The second-order valence-electron chi connectivity index (χ2n) is 10.0. The molecule has 3 aromatic rings. The molecule has 2 aliphatic rings. The lowest BCUT2D eigenvalue weighted by Crippen LogP contribution is -2.37. The summed E-state index contributed by atoms with van der Waals surface area (Å²) in [6.45, 7) is 3.35. The Morgan fingerprint density at radius 2 is 1.66 bits per heavy atom. The van der Waals surface area contributed by atoms with Gasteiger partial charge in [0.05, 0.1) is 12.2 Å². The zero-order chi connectivity index (χ0) is 26.9. The SMILES string of the molecule is Cc1cc(C(=O)Nc2ccc(C3CCN(C(=O)c4ccc(OCC5CC5)cc4)CC3)cc2)c(C(F)(F)F)o1. The van der Waals surface area contributed by atoms with Gasteiger partial charge in [0.15, 0.2) is 0 Å². The molecule has 1 saturated carbocycles. The topological polar surface area (TPSA) is 71.8 Å². The van der Waals surface area contributed by atoms with Gasteiger partial charge < -0.3 is 19.4 Å². The number of aryl methyl sites for hydroxylation is 1. The average Bonchev–Trinajstić information content (AvgIpc) is 3.65. The number of piperidine rings is 1. The third-order valence-electron chi connectivity index (χ3n) is 7.06. The molecular weight excluding hydrogens is 497 g/mol. The lowest BCUT2D eigenvalue weighted by atomic mass is 9.89. The summed E-state index contributed by atoms with van der Waals surface area (Å²) in [5, 5.41) is 2.51. The largest absolute Gasteiger partial charge is 0.493 e. The van der Waals surface area contributed by atoms with E-state index in [9.17, 15) is 22.8 Å². The summed E-state index contributed by atoms with van der Waals surface area (Å²) >= 11 is 0. The number of nitrogens with one attached hydrogen (secondary N) is 1. The molecule has 0 spiro atoms. The molecule has 0 atom stereocenters. The summed E-state index contributed by atoms with van der Waals surface area (Å²) in [5.74, 6) is -0.465. The predicted molar refractivity (Wildman–Crippen MR) is 135 cm³/mol. The van der Waals surface area contributed by atoms with E-state index in [2.05, 4.69) is 5.32 Å². The Hall–Kier alpha value is -3.75. The monoisotopic (exact) mass is 526 g/mol. The molecule has 2 aromatic carbocycles. The van der Waals surface area contributed by atoms with Crippen molar-refractivity contribution in [3.05, 3.63) is 82.8 Å². The van der Waals surface area contributed by atoms with Crippen molar-refractivity contribution in [3.63, 3.8) is 0 Å². The van der Waals surface area contributed by atoms with E-state index < -0.39 is 23.4 Å². The van der Waals surface area contributed by atoms with Gasteiger partial charge in [-0.1, -0.05) is 12.1 Å². The van der Waals surface area contributed by atoms with Gasteiger partial charge in [0.2, 0.25) is 5.76 Å². The van der Waals surface area contributed by atoms with E-state index in [1.54, 1.807) is 12.1 Å². The molecular formula is C29H29F3N2O4. The van der Waals surface area contributed by atoms with Crippen LogP contribution in [0.1, 0.15) is 69.4 Å². The fourth-order valence-corrected chi connectivity index (χ4v) is 4.72. The fourth-order valence-electron chi connectivity index (χ4n) is 4.72. The maximum Gasteiger partial charge on any atom is 0.450 e. The van der Waals surface area contributed by atoms with Crippen LogP contribution in [-0.4, -0.2) is 36.4 Å². The van der Waals surface area contributed by atoms with Crippen molar-refractivity contribution < 1.29 is 31.9 Å². The van der Waals surface area contributed by atoms with Crippen LogP contribution >= 0.6 is 0 Å². The van der Waals surface area contributed by atoms with Crippen LogP contribution in [0.2, 0.25) is 0 Å². The number of benzene rings is 2. The van der Waals surface area contributed by atoms with Crippen molar-refractivity contribution >= 4 is 17.5 Å². The van der Waals surface area contributed by atoms with Crippen LogP contribution in [0, 0.1) is 12.8 Å². The highest BCUT2D eigenvalue weighted by Crippen LogP contribution is 2.35. The molecule has 0 unspecified atom stereocenters. The summed E-state index contributed by atoms with van der Waals surface area (Å²) in [6.07, 6.45) is -0.711. The normalized spacial score (nSPS) is 16.4.